The van der Waals surface area contributed by atoms with Gasteiger partial charge in [0.1, 0.15) is 12.0 Å². The maximum absolute atomic E-state index is 12.1. The molecule has 0 unspecified atom stereocenters. The van der Waals surface area contributed by atoms with Crippen LogP contribution in [0.4, 0.5) is 0 Å². The molecule has 1 N–H and O–H groups in total. The molecule has 0 bridgehead atoms. The van der Waals surface area contributed by atoms with Crippen LogP contribution < -0.4 is 5.32 Å². The highest BCUT2D eigenvalue weighted by atomic mass is 32.2. The molecule has 8 heteroatoms. The zero-order chi connectivity index (χ0) is 14.7. The molecule has 0 aliphatic heterocycles. The molecular formula is C12H15N5O2S. The van der Waals surface area contributed by atoms with Crippen LogP contribution in [0, 0.1) is 0 Å². The van der Waals surface area contributed by atoms with Crippen molar-refractivity contribution >= 4 is 23.5 Å². The van der Waals surface area contributed by atoms with Crippen LogP contribution in [0.25, 0.3) is 0 Å². The lowest BCUT2D eigenvalue weighted by atomic mass is 10.2. The number of thioether (sulfide) groups is 1. The zero-order valence-electron chi connectivity index (χ0n) is 11.5. The standard InChI is InChI=1S/C12H15N5O2S/c1-13-11(19)9-4-8(5-16(9)2)10(18)6-20-12-15-14-7-17(12)3/h4-5,7H,6H2,1-3H3,(H,13,19). The molecule has 2 aromatic heterocycles. The molecule has 2 aromatic rings. The van der Waals surface area contributed by atoms with E-state index in [1.54, 1.807) is 41.8 Å². The first-order chi connectivity index (χ1) is 9.52. The number of nitrogens with zero attached hydrogens (tertiary/aromatic N) is 4. The molecule has 2 rings (SSSR count). The summed E-state index contributed by atoms with van der Waals surface area (Å²) in [7, 11) is 5.11. The molecule has 0 saturated heterocycles. The van der Waals surface area contributed by atoms with Crippen LogP contribution in [0.1, 0.15) is 20.8 Å². The van der Waals surface area contributed by atoms with E-state index in [1.165, 1.54) is 11.8 Å². The highest BCUT2D eigenvalue weighted by Crippen LogP contribution is 2.17. The van der Waals surface area contributed by atoms with Gasteiger partial charge in [0, 0.05) is 32.9 Å². The zero-order valence-corrected chi connectivity index (χ0v) is 12.3. The highest BCUT2D eigenvalue weighted by molar-refractivity contribution is 7.99. The van der Waals surface area contributed by atoms with Crippen molar-refractivity contribution < 1.29 is 9.59 Å². The molecule has 0 aliphatic carbocycles. The van der Waals surface area contributed by atoms with E-state index in [9.17, 15) is 9.59 Å². The molecule has 0 saturated carbocycles. The van der Waals surface area contributed by atoms with Crippen molar-refractivity contribution in [3.8, 4) is 0 Å². The van der Waals surface area contributed by atoms with Gasteiger partial charge < -0.3 is 14.5 Å². The van der Waals surface area contributed by atoms with Gasteiger partial charge in [-0.1, -0.05) is 11.8 Å². The van der Waals surface area contributed by atoms with E-state index < -0.39 is 0 Å². The van der Waals surface area contributed by atoms with E-state index in [2.05, 4.69) is 15.5 Å². The molecule has 0 atom stereocenters. The van der Waals surface area contributed by atoms with Crippen molar-refractivity contribution in [3.05, 3.63) is 29.8 Å². The van der Waals surface area contributed by atoms with Crippen molar-refractivity contribution in [3.63, 3.8) is 0 Å². The Morgan fingerprint density at radius 2 is 2.10 bits per heavy atom. The minimum Gasteiger partial charge on any atom is -0.354 e. The van der Waals surface area contributed by atoms with Gasteiger partial charge in [0.05, 0.1) is 5.75 Å². The third-order valence-electron chi connectivity index (χ3n) is 2.79. The number of carbonyl (C=O) groups is 2. The predicted octanol–water partition coefficient (Wildman–Crippen LogP) is 0.488. The fraction of sp³-hybridized carbons (Fsp3) is 0.333. The van der Waals surface area contributed by atoms with Crippen LogP contribution >= 0.6 is 11.8 Å². The number of ketones is 1. The van der Waals surface area contributed by atoms with E-state index in [-0.39, 0.29) is 17.4 Å². The SMILES string of the molecule is CNC(=O)c1cc(C(=O)CSc2nncn2C)cn1C. The summed E-state index contributed by atoms with van der Waals surface area (Å²) in [6.45, 7) is 0. The number of amides is 1. The fourth-order valence-electron chi connectivity index (χ4n) is 1.69. The minimum absolute atomic E-state index is 0.0521. The van der Waals surface area contributed by atoms with Crippen molar-refractivity contribution in [1.29, 1.82) is 0 Å². The summed E-state index contributed by atoms with van der Waals surface area (Å²) in [5, 5.41) is 10.9. The summed E-state index contributed by atoms with van der Waals surface area (Å²) in [5.74, 6) is -0.0137. The maximum atomic E-state index is 12.1. The molecule has 0 aliphatic rings. The summed E-state index contributed by atoms with van der Waals surface area (Å²) < 4.78 is 3.39. The number of nitrogens with one attached hydrogen (secondary N) is 1. The monoisotopic (exact) mass is 293 g/mol. The number of rotatable bonds is 5. The number of Topliss-reactive ketones (excluding diaryl/α,β-unsaturated/α-hetero) is 1. The molecule has 106 valence electrons. The lowest BCUT2D eigenvalue weighted by Crippen LogP contribution is -2.20. The Kier molecular flexibility index (Phi) is 4.23. The lowest BCUT2D eigenvalue weighted by molar-refractivity contribution is 0.0954. The van der Waals surface area contributed by atoms with Crippen molar-refractivity contribution in [2.24, 2.45) is 14.1 Å². The van der Waals surface area contributed by atoms with Crippen LogP contribution in [0.2, 0.25) is 0 Å². The average molecular weight is 293 g/mol. The van der Waals surface area contributed by atoms with Gasteiger partial charge in [-0.05, 0) is 6.07 Å². The molecule has 20 heavy (non-hydrogen) atoms. The smallest absolute Gasteiger partial charge is 0.267 e. The van der Waals surface area contributed by atoms with Crippen LogP contribution in [0.5, 0.6) is 0 Å². The largest absolute Gasteiger partial charge is 0.354 e. The first-order valence-electron chi connectivity index (χ1n) is 5.91. The first-order valence-corrected chi connectivity index (χ1v) is 6.90. The molecule has 1 amide bonds. The average Bonchev–Trinajstić information content (AvgIpc) is 3.01. The summed E-state index contributed by atoms with van der Waals surface area (Å²) in [6.07, 6.45) is 3.24. The Morgan fingerprint density at radius 1 is 1.35 bits per heavy atom. The maximum Gasteiger partial charge on any atom is 0.267 e. The molecule has 7 nitrogen and oxygen atoms in total. The Morgan fingerprint density at radius 3 is 2.70 bits per heavy atom. The Hall–Kier alpha value is -2.09. The number of aryl methyl sites for hydroxylation is 2. The fourth-order valence-corrected chi connectivity index (χ4v) is 2.47. The summed E-state index contributed by atoms with van der Waals surface area (Å²) in [5.41, 5.74) is 0.972. The van der Waals surface area contributed by atoms with Gasteiger partial charge in [0.25, 0.3) is 5.91 Å². The predicted molar refractivity (Wildman–Crippen MR) is 74.9 cm³/mol. The Bertz CT molecular complexity index is 646. The summed E-state index contributed by atoms with van der Waals surface area (Å²) in [4.78, 5) is 23.7. The van der Waals surface area contributed by atoms with Gasteiger partial charge in [-0.3, -0.25) is 9.59 Å². The van der Waals surface area contributed by atoms with E-state index >= 15 is 0 Å². The van der Waals surface area contributed by atoms with E-state index in [0.717, 1.165) is 0 Å². The molecule has 2 heterocycles. The van der Waals surface area contributed by atoms with E-state index in [0.29, 0.717) is 16.4 Å². The van der Waals surface area contributed by atoms with Crippen molar-refractivity contribution in [1.82, 2.24) is 24.6 Å². The summed E-state index contributed by atoms with van der Waals surface area (Å²) >= 11 is 1.32. The first kappa shape index (κ1) is 14.3. The van der Waals surface area contributed by atoms with Gasteiger partial charge in [0.15, 0.2) is 10.9 Å². The summed E-state index contributed by atoms with van der Waals surface area (Å²) in [6, 6.07) is 1.60. The van der Waals surface area contributed by atoms with Crippen LogP contribution in [-0.4, -0.2) is 43.8 Å². The quantitative estimate of drug-likeness (QED) is 0.641. The van der Waals surface area contributed by atoms with Crippen LogP contribution in [-0.2, 0) is 14.1 Å². The van der Waals surface area contributed by atoms with Gasteiger partial charge in [-0.15, -0.1) is 10.2 Å². The number of carbonyl (C=O) groups excluding carboxylic acids is 2. The second-order valence-electron chi connectivity index (χ2n) is 4.24. The normalized spacial score (nSPS) is 10.6. The molecule has 0 radical (unpaired) electrons. The third kappa shape index (κ3) is 2.90. The van der Waals surface area contributed by atoms with E-state index in [4.69, 9.17) is 0 Å². The highest BCUT2D eigenvalue weighted by Gasteiger charge is 2.15. The molecule has 0 spiro atoms. The molecular weight excluding hydrogens is 278 g/mol. The van der Waals surface area contributed by atoms with E-state index in [1.807, 2.05) is 7.05 Å². The number of aromatic nitrogens is 4. The van der Waals surface area contributed by atoms with Crippen LogP contribution in [0.15, 0.2) is 23.7 Å². The second-order valence-corrected chi connectivity index (χ2v) is 5.18. The minimum atomic E-state index is -0.215. The number of hydrogen-bond acceptors (Lipinski definition) is 5. The number of hydrogen-bond donors (Lipinski definition) is 1. The van der Waals surface area contributed by atoms with Crippen LogP contribution in [0.3, 0.4) is 0 Å². The Balaban J connectivity index is 2.06. The second kappa shape index (κ2) is 5.91. The molecule has 0 fully saturated rings. The van der Waals surface area contributed by atoms with Crippen molar-refractivity contribution in [2.45, 2.75) is 5.16 Å². The van der Waals surface area contributed by atoms with Gasteiger partial charge >= 0.3 is 0 Å². The Labute approximate surface area is 120 Å². The van der Waals surface area contributed by atoms with Gasteiger partial charge in [-0.2, -0.15) is 0 Å². The lowest BCUT2D eigenvalue weighted by Gasteiger charge is -1.99. The topological polar surface area (TPSA) is 81.8 Å². The third-order valence-corrected chi connectivity index (χ3v) is 3.82. The van der Waals surface area contributed by atoms with Crippen molar-refractivity contribution in [2.75, 3.05) is 12.8 Å². The van der Waals surface area contributed by atoms with Gasteiger partial charge in [0.2, 0.25) is 0 Å². The van der Waals surface area contributed by atoms with Gasteiger partial charge in [-0.25, -0.2) is 0 Å². The molecule has 0 aromatic carbocycles.